The van der Waals surface area contributed by atoms with E-state index in [1.807, 2.05) is 30.6 Å². The Balaban J connectivity index is 1.24. The summed E-state index contributed by atoms with van der Waals surface area (Å²) in [5, 5.41) is 0. The molecule has 0 amide bonds. The molecular formula is C26H28N4O2. The van der Waals surface area contributed by atoms with E-state index in [2.05, 4.69) is 40.0 Å². The normalized spacial score (nSPS) is 16.8. The van der Waals surface area contributed by atoms with Crippen LogP contribution in [0.25, 0.3) is 17.2 Å². The number of aryl methyl sites for hydroxylation is 1. The Morgan fingerprint density at radius 3 is 2.66 bits per heavy atom. The zero-order valence-electron chi connectivity index (χ0n) is 18.6. The summed E-state index contributed by atoms with van der Waals surface area (Å²) in [7, 11) is 1.69. The predicted molar refractivity (Wildman–Crippen MR) is 125 cm³/mol. The van der Waals surface area contributed by atoms with Crippen LogP contribution in [0.1, 0.15) is 35.7 Å². The Bertz CT molecular complexity index is 1120. The van der Waals surface area contributed by atoms with E-state index in [1.165, 1.54) is 11.3 Å². The molecule has 0 N–H and O–H groups in total. The largest absolute Gasteiger partial charge is 0.497 e. The van der Waals surface area contributed by atoms with Crippen LogP contribution in [0.15, 0.2) is 54.6 Å². The Labute approximate surface area is 189 Å². The quantitative estimate of drug-likeness (QED) is 0.596. The van der Waals surface area contributed by atoms with Crippen molar-refractivity contribution in [3.63, 3.8) is 0 Å². The molecule has 32 heavy (non-hydrogen) atoms. The maximum absolute atomic E-state index is 5.97. The van der Waals surface area contributed by atoms with Crippen LogP contribution in [0.5, 0.6) is 11.5 Å². The Morgan fingerprint density at radius 1 is 1.06 bits per heavy atom. The maximum Gasteiger partial charge on any atom is 0.127 e. The SMILES string of the molecule is COc1ccc2c(c1)C=C(CN1CCC(c3cc(-c4cncnc4)cc(C)n3)CC1)CO2. The Morgan fingerprint density at radius 2 is 1.88 bits per heavy atom. The smallest absolute Gasteiger partial charge is 0.127 e. The molecule has 1 fully saturated rings. The lowest BCUT2D eigenvalue weighted by Crippen LogP contribution is -2.35. The topological polar surface area (TPSA) is 60.4 Å². The van der Waals surface area contributed by atoms with Gasteiger partial charge in [-0.25, -0.2) is 9.97 Å². The first kappa shape index (κ1) is 20.6. The van der Waals surface area contributed by atoms with E-state index >= 15 is 0 Å². The van der Waals surface area contributed by atoms with E-state index in [-0.39, 0.29) is 0 Å². The third kappa shape index (κ3) is 4.50. The fourth-order valence-corrected chi connectivity index (χ4v) is 4.61. The van der Waals surface area contributed by atoms with Gasteiger partial charge in [0.15, 0.2) is 0 Å². The average molecular weight is 429 g/mol. The second kappa shape index (κ2) is 9.09. The second-order valence-electron chi connectivity index (χ2n) is 8.59. The van der Waals surface area contributed by atoms with Gasteiger partial charge in [0.2, 0.25) is 0 Å². The molecule has 1 aromatic carbocycles. The molecule has 1 saturated heterocycles. The van der Waals surface area contributed by atoms with Crippen molar-refractivity contribution in [1.82, 2.24) is 19.9 Å². The highest BCUT2D eigenvalue weighted by Gasteiger charge is 2.24. The van der Waals surface area contributed by atoms with Gasteiger partial charge in [0.25, 0.3) is 0 Å². The number of methoxy groups -OCH3 is 1. The Hall–Kier alpha value is -3.25. The first-order valence-electron chi connectivity index (χ1n) is 11.1. The van der Waals surface area contributed by atoms with E-state index in [0.717, 1.165) is 66.4 Å². The summed E-state index contributed by atoms with van der Waals surface area (Å²) in [6.07, 6.45) is 9.77. The number of ether oxygens (including phenoxy) is 2. The van der Waals surface area contributed by atoms with Crippen LogP contribution in [0.4, 0.5) is 0 Å². The summed E-state index contributed by atoms with van der Waals surface area (Å²) in [4.78, 5) is 15.7. The lowest BCUT2D eigenvalue weighted by Gasteiger charge is -2.33. The summed E-state index contributed by atoms with van der Waals surface area (Å²) in [6, 6.07) is 10.3. The molecule has 0 aliphatic carbocycles. The predicted octanol–water partition coefficient (Wildman–Crippen LogP) is 4.51. The lowest BCUT2D eigenvalue weighted by molar-refractivity contribution is 0.217. The van der Waals surface area contributed by atoms with Gasteiger partial charge in [-0.15, -0.1) is 0 Å². The second-order valence-corrected chi connectivity index (χ2v) is 8.59. The van der Waals surface area contributed by atoms with Crippen LogP contribution in [0.3, 0.4) is 0 Å². The first-order chi connectivity index (χ1) is 15.7. The molecule has 2 aliphatic heterocycles. The highest BCUT2D eigenvalue weighted by atomic mass is 16.5. The van der Waals surface area contributed by atoms with Crippen molar-refractivity contribution >= 4 is 6.08 Å². The molecule has 164 valence electrons. The molecule has 0 unspecified atom stereocenters. The van der Waals surface area contributed by atoms with Gasteiger partial charge in [0.05, 0.1) is 7.11 Å². The number of rotatable bonds is 5. The van der Waals surface area contributed by atoms with Crippen molar-refractivity contribution in [2.75, 3.05) is 33.4 Å². The van der Waals surface area contributed by atoms with Gasteiger partial charge < -0.3 is 9.47 Å². The van der Waals surface area contributed by atoms with Crippen molar-refractivity contribution in [2.24, 2.45) is 0 Å². The highest BCUT2D eigenvalue weighted by molar-refractivity contribution is 5.64. The van der Waals surface area contributed by atoms with Gasteiger partial charge in [-0.2, -0.15) is 0 Å². The number of aromatic nitrogens is 3. The molecule has 6 nitrogen and oxygen atoms in total. The van der Waals surface area contributed by atoms with E-state index in [0.29, 0.717) is 12.5 Å². The number of likely N-dealkylation sites (tertiary alicyclic amines) is 1. The molecule has 2 aliphatic rings. The number of benzene rings is 1. The van der Waals surface area contributed by atoms with Crippen molar-refractivity contribution < 1.29 is 9.47 Å². The van der Waals surface area contributed by atoms with Crippen molar-refractivity contribution in [1.29, 1.82) is 0 Å². The van der Waals surface area contributed by atoms with Gasteiger partial charge in [0, 0.05) is 47.4 Å². The van der Waals surface area contributed by atoms with E-state index in [4.69, 9.17) is 14.5 Å². The summed E-state index contributed by atoms with van der Waals surface area (Å²) in [5.41, 5.74) is 6.82. The summed E-state index contributed by atoms with van der Waals surface area (Å²) >= 11 is 0. The summed E-state index contributed by atoms with van der Waals surface area (Å²) in [6.45, 7) is 5.78. The fourth-order valence-electron chi connectivity index (χ4n) is 4.61. The monoisotopic (exact) mass is 428 g/mol. The molecule has 3 aromatic rings. The zero-order valence-corrected chi connectivity index (χ0v) is 18.6. The van der Waals surface area contributed by atoms with Crippen LogP contribution in [0.2, 0.25) is 0 Å². The Kier molecular flexibility index (Phi) is 5.86. The molecule has 0 spiro atoms. The zero-order chi connectivity index (χ0) is 21.9. The number of piperidine rings is 1. The van der Waals surface area contributed by atoms with E-state index in [9.17, 15) is 0 Å². The van der Waals surface area contributed by atoms with Gasteiger partial charge in [-0.1, -0.05) is 0 Å². The number of pyridine rings is 1. The molecule has 0 radical (unpaired) electrons. The molecule has 2 aromatic heterocycles. The standard InChI is InChI=1S/C26H28N4O2/c1-18-9-21(23-13-27-17-28-14-23)12-25(29-18)20-5-7-30(8-6-20)15-19-10-22-11-24(31-2)3-4-26(22)32-16-19/h3-4,9-14,17,20H,5-8,15-16H2,1-2H3. The third-order valence-electron chi connectivity index (χ3n) is 6.29. The summed E-state index contributed by atoms with van der Waals surface area (Å²) < 4.78 is 11.3. The average Bonchev–Trinajstić information content (AvgIpc) is 2.84. The first-order valence-corrected chi connectivity index (χ1v) is 11.1. The van der Waals surface area contributed by atoms with Crippen LogP contribution < -0.4 is 9.47 Å². The molecule has 5 rings (SSSR count). The summed E-state index contributed by atoms with van der Waals surface area (Å²) in [5.74, 6) is 2.27. The minimum Gasteiger partial charge on any atom is -0.497 e. The van der Waals surface area contributed by atoms with Crippen molar-refractivity contribution in [3.8, 4) is 22.6 Å². The van der Waals surface area contributed by atoms with Crippen LogP contribution in [0, 0.1) is 6.92 Å². The maximum atomic E-state index is 5.97. The third-order valence-corrected chi connectivity index (χ3v) is 6.29. The van der Waals surface area contributed by atoms with Crippen LogP contribution in [-0.2, 0) is 0 Å². The number of fused-ring (bicyclic) bond motifs is 1. The molecular weight excluding hydrogens is 400 g/mol. The van der Waals surface area contributed by atoms with Crippen LogP contribution in [-0.4, -0.2) is 53.2 Å². The van der Waals surface area contributed by atoms with Crippen LogP contribution >= 0.6 is 0 Å². The molecule has 0 saturated carbocycles. The molecule has 6 heteroatoms. The number of hydrogen-bond acceptors (Lipinski definition) is 6. The number of hydrogen-bond donors (Lipinski definition) is 0. The molecule has 0 bridgehead atoms. The molecule has 0 atom stereocenters. The minimum absolute atomic E-state index is 0.483. The number of nitrogens with zero attached hydrogens (tertiary/aromatic N) is 4. The lowest BCUT2D eigenvalue weighted by atomic mass is 9.91. The van der Waals surface area contributed by atoms with E-state index in [1.54, 1.807) is 13.4 Å². The van der Waals surface area contributed by atoms with Crippen molar-refractivity contribution in [2.45, 2.75) is 25.7 Å². The van der Waals surface area contributed by atoms with Gasteiger partial charge in [-0.05, 0) is 80.4 Å². The van der Waals surface area contributed by atoms with E-state index < -0.39 is 0 Å². The van der Waals surface area contributed by atoms with Gasteiger partial charge in [-0.3, -0.25) is 9.88 Å². The molecule has 4 heterocycles. The van der Waals surface area contributed by atoms with Gasteiger partial charge >= 0.3 is 0 Å². The highest BCUT2D eigenvalue weighted by Crippen LogP contribution is 2.32. The van der Waals surface area contributed by atoms with Crippen molar-refractivity contribution in [3.05, 3.63) is 71.6 Å². The minimum atomic E-state index is 0.483. The van der Waals surface area contributed by atoms with Gasteiger partial charge in [0.1, 0.15) is 24.4 Å². The fraction of sp³-hybridized carbons (Fsp3) is 0.346.